The first kappa shape index (κ1) is 25.7. The van der Waals surface area contributed by atoms with Gasteiger partial charge in [0.05, 0.1) is 18.4 Å². The molecule has 2 aliphatic heterocycles. The Bertz CT molecular complexity index is 1060. The van der Waals surface area contributed by atoms with Crippen LogP contribution in [0.1, 0.15) is 57.0 Å². The van der Waals surface area contributed by atoms with E-state index in [9.17, 15) is 23.2 Å². The predicted octanol–water partition coefficient (Wildman–Crippen LogP) is 1.05. The van der Waals surface area contributed by atoms with Gasteiger partial charge in [-0.3, -0.25) is 19.9 Å². The highest BCUT2D eigenvalue weighted by molar-refractivity contribution is 7.80. The molecule has 1 saturated heterocycles. The summed E-state index contributed by atoms with van der Waals surface area (Å²) in [4.78, 5) is 25.7. The quantitative estimate of drug-likeness (QED) is 0.131. The molecule has 3 heterocycles. The number of aromatic nitrogens is 2. The molecule has 15 nitrogen and oxygen atoms in total. The largest absolute Gasteiger partial charge is 0.444 e. The molecule has 2 unspecified atom stereocenters. The van der Waals surface area contributed by atoms with E-state index in [1.54, 1.807) is 25.5 Å². The first-order valence-electron chi connectivity index (χ1n) is 10.5. The van der Waals surface area contributed by atoms with Crippen molar-refractivity contribution >= 4 is 28.4 Å². The molecule has 34 heavy (non-hydrogen) atoms. The van der Waals surface area contributed by atoms with Gasteiger partial charge < -0.3 is 15.0 Å². The van der Waals surface area contributed by atoms with E-state index in [4.69, 9.17) is 14.7 Å². The van der Waals surface area contributed by atoms with Crippen LogP contribution in [0.25, 0.3) is 0 Å². The van der Waals surface area contributed by atoms with Gasteiger partial charge >= 0.3 is 22.5 Å². The molecule has 4 N–H and O–H groups in total. The molecule has 3 amide bonds. The molecular weight excluding hydrogens is 474 g/mol. The third kappa shape index (κ3) is 5.57. The number of amides is 3. The maximum atomic E-state index is 12.8. The molecule has 3 rings (SSSR count). The van der Waals surface area contributed by atoms with Crippen LogP contribution in [0, 0.1) is 5.41 Å². The molecular formula is C18H29N7O8S. The number of hydroxylamine groups is 4. The Labute approximate surface area is 196 Å². The summed E-state index contributed by atoms with van der Waals surface area (Å²) in [5.41, 5.74) is 0.239. The monoisotopic (exact) mass is 503 g/mol. The lowest BCUT2D eigenvalue weighted by Crippen LogP contribution is -2.44. The van der Waals surface area contributed by atoms with Gasteiger partial charge in [-0.1, -0.05) is 0 Å². The normalized spacial score (nSPS) is 19.8. The number of hydrogen-bond acceptors (Lipinski definition) is 9. The van der Waals surface area contributed by atoms with Crippen molar-refractivity contribution in [1.29, 1.82) is 5.41 Å². The number of carbonyl (C=O) groups is 2. The van der Waals surface area contributed by atoms with Gasteiger partial charge in [-0.15, -0.1) is 4.28 Å². The van der Waals surface area contributed by atoms with Crippen LogP contribution in [-0.2, 0) is 26.0 Å². The van der Waals surface area contributed by atoms with Crippen molar-refractivity contribution in [1.82, 2.24) is 30.1 Å². The third-order valence-electron chi connectivity index (χ3n) is 5.17. The van der Waals surface area contributed by atoms with E-state index >= 15 is 0 Å². The maximum Gasteiger partial charge on any atom is 0.418 e. The molecule has 16 heteroatoms. The van der Waals surface area contributed by atoms with Crippen molar-refractivity contribution in [3.8, 4) is 0 Å². The number of carbonyl (C=O) groups excluding carboxylic acids is 2. The average molecular weight is 504 g/mol. The molecule has 0 aromatic carbocycles. The highest BCUT2D eigenvalue weighted by atomic mass is 32.3. The molecule has 2 bridgehead atoms. The van der Waals surface area contributed by atoms with Gasteiger partial charge in [0.15, 0.2) is 0 Å². The summed E-state index contributed by atoms with van der Waals surface area (Å²) in [5, 5.41) is 26.2. The number of hydrogen-bond donors (Lipinski definition) is 4. The van der Waals surface area contributed by atoms with E-state index in [1.165, 1.54) is 13.2 Å². The lowest BCUT2D eigenvalue weighted by Gasteiger charge is -2.33. The minimum atomic E-state index is -4.98. The van der Waals surface area contributed by atoms with E-state index in [-0.39, 0.29) is 12.4 Å². The number of nitrogens with one attached hydrogen (secondary N) is 2. The van der Waals surface area contributed by atoms with Crippen LogP contribution in [0.15, 0.2) is 6.20 Å². The van der Waals surface area contributed by atoms with Crippen molar-refractivity contribution in [2.24, 2.45) is 0 Å². The summed E-state index contributed by atoms with van der Waals surface area (Å²) in [6, 6.07) is -2.84. The molecule has 1 aromatic heterocycles. The lowest BCUT2D eigenvalue weighted by atomic mass is 9.97. The van der Waals surface area contributed by atoms with E-state index in [0.717, 1.165) is 4.90 Å². The van der Waals surface area contributed by atoms with Gasteiger partial charge in [-0.25, -0.2) is 14.7 Å². The molecule has 1 fully saturated rings. The van der Waals surface area contributed by atoms with Gasteiger partial charge in [0.2, 0.25) is 0 Å². The van der Waals surface area contributed by atoms with Crippen molar-refractivity contribution in [3.05, 3.63) is 17.5 Å². The Balaban J connectivity index is 1.76. The SMILES string of the molecule is CN(O)C(=N)C1c2c(cnn2CCCCNC(=O)OC(C)(C)C)C2CN1C(=O)N2OS(=O)(=O)O. The number of ether oxygens (including phenoxy) is 1. The van der Waals surface area contributed by atoms with Crippen molar-refractivity contribution < 1.29 is 36.8 Å². The van der Waals surface area contributed by atoms with E-state index in [0.29, 0.717) is 47.3 Å². The van der Waals surface area contributed by atoms with Crippen LogP contribution < -0.4 is 5.32 Å². The summed E-state index contributed by atoms with van der Waals surface area (Å²) in [6.45, 7) is 5.98. The Morgan fingerprint density at radius 2 is 2.06 bits per heavy atom. The standard InChI is InChI=1S/C18H29N7O8S/c1-18(2,3)32-16(26)20-7-5-6-8-24-13-11(9-21-24)12-10-23(14(13)15(19)22(4)28)17(27)25(12)33-34(29,30)31/h9,12,14,19,28H,5-8,10H2,1-4H3,(H,20,26)(H,29,30,31). The Morgan fingerprint density at radius 3 is 2.65 bits per heavy atom. The summed E-state index contributed by atoms with van der Waals surface area (Å²) < 4.78 is 42.8. The number of nitrogens with zero attached hydrogens (tertiary/aromatic N) is 5. The number of aryl methyl sites for hydroxylation is 1. The number of amidine groups is 1. The second-order valence-corrected chi connectivity index (χ2v) is 9.94. The zero-order chi connectivity index (χ0) is 25.4. The van der Waals surface area contributed by atoms with Gasteiger partial charge in [0, 0.05) is 25.7 Å². The van der Waals surface area contributed by atoms with Gasteiger partial charge in [-0.05, 0) is 33.6 Å². The highest BCUT2D eigenvalue weighted by Gasteiger charge is 2.53. The van der Waals surface area contributed by atoms with Crippen molar-refractivity contribution in [2.75, 3.05) is 20.1 Å². The molecule has 1 aromatic rings. The average Bonchev–Trinajstić information content (AvgIpc) is 3.21. The highest BCUT2D eigenvalue weighted by Crippen LogP contribution is 2.44. The fraction of sp³-hybridized carbons (Fsp3) is 0.667. The summed E-state index contributed by atoms with van der Waals surface area (Å²) >= 11 is 0. The van der Waals surface area contributed by atoms with Crippen LogP contribution in [0.2, 0.25) is 0 Å². The second-order valence-electron chi connectivity index (χ2n) is 8.93. The van der Waals surface area contributed by atoms with Crippen LogP contribution in [0.5, 0.6) is 0 Å². The van der Waals surface area contributed by atoms with Crippen LogP contribution >= 0.6 is 0 Å². The van der Waals surface area contributed by atoms with Crippen LogP contribution in [0.4, 0.5) is 9.59 Å². The lowest BCUT2D eigenvalue weighted by molar-refractivity contribution is -0.0317. The van der Waals surface area contributed by atoms with Crippen LogP contribution in [-0.4, -0.2) is 86.7 Å². The van der Waals surface area contributed by atoms with E-state index in [1.807, 2.05) is 0 Å². The zero-order valence-electron chi connectivity index (χ0n) is 19.3. The first-order valence-corrected chi connectivity index (χ1v) is 11.9. The number of urea groups is 1. The van der Waals surface area contributed by atoms with E-state index < -0.39 is 40.2 Å². The summed E-state index contributed by atoms with van der Waals surface area (Å²) in [5.74, 6) is -0.338. The van der Waals surface area contributed by atoms with Gasteiger partial charge in [0.25, 0.3) is 0 Å². The molecule has 0 spiro atoms. The predicted molar refractivity (Wildman–Crippen MR) is 115 cm³/mol. The van der Waals surface area contributed by atoms with Gasteiger partial charge in [-0.2, -0.15) is 18.6 Å². The number of likely N-dealkylation sites (N-methyl/N-ethyl adjacent to an activating group) is 1. The minimum Gasteiger partial charge on any atom is -0.444 e. The van der Waals surface area contributed by atoms with Gasteiger partial charge in [0.1, 0.15) is 23.5 Å². The van der Waals surface area contributed by atoms with Crippen molar-refractivity contribution in [2.45, 2.75) is 57.8 Å². The minimum absolute atomic E-state index is 0.0340. The van der Waals surface area contributed by atoms with E-state index in [2.05, 4.69) is 14.7 Å². The summed E-state index contributed by atoms with van der Waals surface area (Å²) in [6.07, 6.45) is 2.07. The second kappa shape index (κ2) is 9.36. The molecule has 190 valence electrons. The Morgan fingerprint density at radius 1 is 1.38 bits per heavy atom. The number of alkyl carbamates (subject to hydrolysis) is 1. The van der Waals surface area contributed by atoms with Crippen molar-refractivity contribution in [3.63, 3.8) is 0 Å². The first-order chi connectivity index (χ1) is 15.7. The summed E-state index contributed by atoms with van der Waals surface area (Å²) in [7, 11) is -3.75. The number of fused-ring (bicyclic) bond motifs is 4. The number of rotatable bonds is 8. The third-order valence-corrected chi connectivity index (χ3v) is 5.52. The molecule has 0 radical (unpaired) electrons. The Kier molecular flexibility index (Phi) is 7.07. The Hall–Kier alpha value is -2.95. The zero-order valence-corrected chi connectivity index (χ0v) is 20.1. The molecule has 0 saturated carbocycles. The van der Waals surface area contributed by atoms with Crippen LogP contribution in [0.3, 0.4) is 0 Å². The topological polar surface area (TPSA) is 191 Å². The maximum absolute atomic E-state index is 12.8. The molecule has 0 aliphatic carbocycles. The number of unbranched alkanes of at least 4 members (excludes halogenated alkanes) is 1. The molecule has 2 atom stereocenters. The fourth-order valence-electron chi connectivity index (χ4n) is 3.86. The molecule has 2 aliphatic rings. The smallest absolute Gasteiger partial charge is 0.418 e. The fourth-order valence-corrected chi connectivity index (χ4v) is 4.23.